The van der Waals surface area contributed by atoms with Gasteiger partial charge in [-0.15, -0.1) is 0 Å². The molecule has 2 atom stereocenters. The summed E-state index contributed by atoms with van der Waals surface area (Å²) in [5, 5.41) is 13.0. The van der Waals surface area contributed by atoms with Crippen LogP contribution in [0.3, 0.4) is 0 Å². The van der Waals surface area contributed by atoms with Crippen molar-refractivity contribution in [3.05, 3.63) is 48.0 Å². The van der Waals surface area contributed by atoms with Crippen LogP contribution in [0.4, 0.5) is 5.69 Å². The maximum absolute atomic E-state index is 12.6. The number of rotatable bonds is 12. The van der Waals surface area contributed by atoms with E-state index in [9.17, 15) is 14.7 Å². The summed E-state index contributed by atoms with van der Waals surface area (Å²) in [5.41, 5.74) is 2.05. The number of methoxy groups -OCH3 is 2. The number of nitrogens with one attached hydrogen (secondary N) is 1. The average molecular weight is 471 g/mol. The molecular formula is C26H34N2O6. The van der Waals surface area contributed by atoms with Crippen LogP contribution in [0.25, 0.3) is 0 Å². The molecule has 3 rings (SSSR count). The normalized spacial score (nSPS) is 16.3. The summed E-state index contributed by atoms with van der Waals surface area (Å²) >= 11 is 0. The minimum absolute atomic E-state index is 0.00706. The van der Waals surface area contributed by atoms with Gasteiger partial charge in [0.1, 0.15) is 12.7 Å². The van der Waals surface area contributed by atoms with Crippen LogP contribution in [0, 0.1) is 5.92 Å². The van der Waals surface area contributed by atoms with Crippen molar-refractivity contribution in [3.63, 3.8) is 0 Å². The summed E-state index contributed by atoms with van der Waals surface area (Å²) in [6, 6.07) is 13.2. The maximum Gasteiger partial charge on any atom is 0.227 e. The van der Waals surface area contributed by atoms with Crippen molar-refractivity contribution in [1.29, 1.82) is 0 Å². The molecule has 8 nitrogen and oxygen atoms in total. The topological polar surface area (TPSA) is 97.3 Å². The van der Waals surface area contributed by atoms with Gasteiger partial charge in [-0.1, -0.05) is 31.5 Å². The number of anilines is 1. The average Bonchev–Trinajstić information content (AvgIpc) is 3.26. The summed E-state index contributed by atoms with van der Waals surface area (Å²) in [6.07, 6.45) is 2.49. The van der Waals surface area contributed by atoms with Crippen LogP contribution in [0.5, 0.6) is 17.2 Å². The highest BCUT2D eigenvalue weighted by Gasteiger charge is 2.35. The molecular weight excluding hydrogens is 436 g/mol. The molecule has 1 fully saturated rings. The minimum atomic E-state index is -0.942. The Morgan fingerprint density at radius 2 is 1.82 bits per heavy atom. The van der Waals surface area contributed by atoms with Crippen molar-refractivity contribution in [2.75, 3.05) is 38.8 Å². The van der Waals surface area contributed by atoms with E-state index in [1.807, 2.05) is 24.3 Å². The molecule has 2 unspecified atom stereocenters. The molecule has 2 amide bonds. The lowest BCUT2D eigenvalue weighted by Gasteiger charge is -2.19. The number of para-hydroxylation sites is 1. The van der Waals surface area contributed by atoms with E-state index in [0.717, 1.165) is 24.9 Å². The Morgan fingerprint density at radius 1 is 1.15 bits per heavy atom. The second kappa shape index (κ2) is 12.3. The first-order valence-electron chi connectivity index (χ1n) is 11.7. The van der Waals surface area contributed by atoms with Crippen molar-refractivity contribution in [1.82, 2.24) is 5.32 Å². The maximum atomic E-state index is 12.6. The number of carbonyl (C=O) groups excluding carboxylic acids is 2. The third-order valence-electron chi connectivity index (χ3n) is 5.88. The molecule has 2 aromatic carbocycles. The van der Waals surface area contributed by atoms with Crippen molar-refractivity contribution in [3.8, 4) is 17.2 Å². The van der Waals surface area contributed by atoms with Gasteiger partial charge in [-0.05, 0) is 42.7 Å². The molecule has 2 N–H and O–H groups in total. The minimum Gasteiger partial charge on any atom is -0.493 e. The van der Waals surface area contributed by atoms with Gasteiger partial charge in [0.25, 0.3) is 0 Å². The summed E-state index contributed by atoms with van der Waals surface area (Å²) in [4.78, 5) is 26.8. The Balaban J connectivity index is 1.48. The molecule has 184 valence electrons. The standard InChI is InChI=1S/C26H34N2O6/c1-4-5-7-18-10-12-20(13-11-18)28-16-19(14-24(28)30)26(31)27-15-21(29)17-34-25-22(32-2)8-6-9-23(25)33-3/h6,8-13,19,21,29H,4-5,7,14-17H2,1-3H3,(H,27,31). The lowest BCUT2D eigenvalue weighted by atomic mass is 10.1. The lowest BCUT2D eigenvalue weighted by molar-refractivity contribution is -0.126. The van der Waals surface area contributed by atoms with Crippen molar-refractivity contribution < 1.29 is 28.9 Å². The van der Waals surface area contributed by atoms with E-state index >= 15 is 0 Å². The SMILES string of the molecule is CCCCc1ccc(N2CC(C(=O)NCC(O)COc3c(OC)cccc3OC)CC2=O)cc1. The third kappa shape index (κ3) is 6.41. The number of carbonyl (C=O) groups is 2. The second-order valence-electron chi connectivity index (χ2n) is 8.38. The predicted octanol–water partition coefficient (Wildman–Crippen LogP) is 2.96. The molecule has 1 aliphatic rings. The molecule has 8 heteroatoms. The van der Waals surface area contributed by atoms with Gasteiger partial charge in [0.15, 0.2) is 11.5 Å². The molecule has 0 aliphatic carbocycles. The first-order valence-corrected chi connectivity index (χ1v) is 11.7. The number of aryl methyl sites for hydroxylation is 1. The van der Waals surface area contributed by atoms with Gasteiger partial charge in [-0.3, -0.25) is 9.59 Å². The molecule has 0 spiro atoms. The number of aliphatic hydroxyl groups is 1. The monoisotopic (exact) mass is 470 g/mol. The Bertz CT molecular complexity index is 940. The molecule has 0 saturated carbocycles. The highest BCUT2D eigenvalue weighted by Crippen LogP contribution is 2.36. The zero-order valence-electron chi connectivity index (χ0n) is 20.1. The summed E-state index contributed by atoms with van der Waals surface area (Å²) in [6.45, 7) is 2.43. The number of ether oxygens (including phenoxy) is 3. The lowest BCUT2D eigenvalue weighted by Crippen LogP contribution is -2.39. The molecule has 1 aliphatic heterocycles. The van der Waals surface area contributed by atoms with Crippen LogP contribution in [-0.2, 0) is 16.0 Å². The fourth-order valence-corrected chi connectivity index (χ4v) is 3.92. The smallest absolute Gasteiger partial charge is 0.227 e. The fraction of sp³-hybridized carbons (Fsp3) is 0.462. The summed E-state index contributed by atoms with van der Waals surface area (Å²) in [7, 11) is 3.04. The van der Waals surface area contributed by atoms with Crippen LogP contribution >= 0.6 is 0 Å². The number of unbranched alkanes of at least 4 members (excludes halogenated alkanes) is 1. The van der Waals surface area contributed by atoms with E-state index in [-0.39, 0.29) is 31.4 Å². The Kier molecular flexibility index (Phi) is 9.16. The van der Waals surface area contributed by atoms with Gasteiger partial charge in [0.05, 0.1) is 20.1 Å². The number of benzene rings is 2. The first kappa shape index (κ1) is 25.4. The van der Waals surface area contributed by atoms with Gasteiger partial charge >= 0.3 is 0 Å². The van der Waals surface area contributed by atoms with E-state index < -0.39 is 12.0 Å². The van der Waals surface area contributed by atoms with Gasteiger partial charge in [-0.25, -0.2) is 0 Å². The molecule has 0 bridgehead atoms. The van der Waals surface area contributed by atoms with E-state index in [0.29, 0.717) is 23.8 Å². The van der Waals surface area contributed by atoms with Gasteiger partial charge in [0.2, 0.25) is 17.6 Å². The summed E-state index contributed by atoms with van der Waals surface area (Å²) in [5.74, 6) is 0.556. The highest BCUT2D eigenvalue weighted by atomic mass is 16.5. The Hall–Kier alpha value is -3.26. The first-order chi connectivity index (χ1) is 16.5. The number of nitrogens with zero attached hydrogens (tertiary/aromatic N) is 1. The van der Waals surface area contributed by atoms with E-state index in [4.69, 9.17) is 14.2 Å². The van der Waals surface area contributed by atoms with Crippen molar-refractivity contribution in [2.45, 2.75) is 38.7 Å². The van der Waals surface area contributed by atoms with E-state index in [1.165, 1.54) is 19.8 Å². The fourth-order valence-electron chi connectivity index (χ4n) is 3.92. The Morgan fingerprint density at radius 3 is 2.44 bits per heavy atom. The van der Waals surface area contributed by atoms with Crippen LogP contribution in [0.2, 0.25) is 0 Å². The largest absolute Gasteiger partial charge is 0.493 e. The van der Waals surface area contributed by atoms with Gasteiger partial charge in [-0.2, -0.15) is 0 Å². The van der Waals surface area contributed by atoms with Crippen LogP contribution in [0.1, 0.15) is 31.7 Å². The molecule has 2 aromatic rings. The van der Waals surface area contributed by atoms with E-state index in [1.54, 1.807) is 23.1 Å². The van der Waals surface area contributed by atoms with Crippen LogP contribution in [-0.4, -0.2) is 56.9 Å². The van der Waals surface area contributed by atoms with Gasteiger partial charge < -0.3 is 29.5 Å². The quantitative estimate of drug-likeness (QED) is 0.495. The van der Waals surface area contributed by atoms with Crippen molar-refractivity contribution in [2.24, 2.45) is 5.92 Å². The zero-order valence-corrected chi connectivity index (χ0v) is 20.1. The van der Waals surface area contributed by atoms with Crippen molar-refractivity contribution >= 4 is 17.5 Å². The molecule has 0 radical (unpaired) electrons. The number of aliphatic hydroxyl groups excluding tert-OH is 1. The predicted molar refractivity (Wildman–Crippen MR) is 130 cm³/mol. The number of amides is 2. The van der Waals surface area contributed by atoms with Crippen LogP contribution < -0.4 is 24.4 Å². The number of hydrogen-bond donors (Lipinski definition) is 2. The molecule has 1 saturated heterocycles. The second-order valence-corrected chi connectivity index (χ2v) is 8.38. The molecule has 0 aromatic heterocycles. The number of hydrogen-bond acceptors (Lipinski definition) is 6. The molecule has 1 heterocycles. The van der Waals surface area contributed by atoms with Crippen LogP contribution in [0.15, 0.2) is 42.5 Å². The third-order valence-corrected chi connectivity index (χ3v) is 5.88. The molecule has 34 heavy (non-hydrogen) atoms. The van der Waals surface area contributed by atoms with Gasteiger partial charge in [0, 0.05) is 25.2 Å². The van der Waals surface area contributed by atoms with E-state index in [2.05, 4.69) is 12.2 Å². The Labute approximate surface area is 200 Å². The highest BCUT2D eigenvalue weighted by molar-refractivity contribution is 6.00. The zero-order chi connectivity index (χ0) is 24.5. The summed E-state index contributed by atoms with van der Waals surface area (Å²) < 4.78 is 16.2.